The predicted octanol–water partition coefficient (Wildman–Crippen LogP) is 4.92. The molecule has 0 aromatic heterocycles. The Kier molecular flexibility index (Phi) is 14.4. The lowest BCUT2D eigenvalue weighted by atomic mass is 9.75. The molecule has 2 unspecified atom stereocenters. The van der Waals surface area contributed by atoms with Crippen LogP contribution in [0.25, 0.3) is 0 Å². The second kappa shape index (κ2) is 17.2. The minimum absolute atomic E-state index is 0.00954. The van der Waals surface area contributed by atoms with Crippen LogP contribution in [0.3, 0.4) is 0 Å². The van der Waals surface area contributed by atoms with Gasteiger partial charge in [-0.3, -0.25) is 19.2 Å². The van der Waals surface area contributed by atoms with Crippen LogP contribution in [0.5, 0.6) is 0 Å². The number of aliphatic carboxylic acids is 2. The van der Waals surface area contributed by atoms with Crippen molar-refractivity contribution in [2.45, 2.75) is 128 Å². The fourth-order valence-electron chi connectivity index (χ4n) is 8.46. The van der Waals surface area contributed by atoms with E-state index < -0.39 is 83.3 Å². The third-order valence-electron chi connectivity index (χ3n) is 11.7. The molecule has 2 amide bonds. The topological polar surface area (TPSA) is 152 Å². The van der Waals surface area contributed by atoms with E-state index in [0.717, 1.165) is 9.80 Å². The Balaban J connectivity index is 0.000000280. The summed E-state index contributed by atoms with van der Waals surface area (Å²) in [7, 11) is 2.74. The van der Waals surface area contributed by atoms with Crippen molar-refractivity contribution in [2.75, 3.05) is 40.6 Å². The van der Waals surface area contributed by atoms with Crippen LogP contribution in [0.1, 0.15) is 79.1 Å². The second-order valence-corrected chi connectivity index (χ2v) is 14.9. The molecule has 2 heterocycles. The first-order valence-electron chi connectivity index (χ1n) is 17.6. The number of nitrogens with zero attached hydrogens (tertiary/aromatic N) is 2. The van der Waals surface area contributed by atoms with Gasteiger partial charge in [0.25, 0.3) is 0 Å². The summed E-state index contributed by atoms with van der Waals surface area (Å²) >= 11 is 0. The molecule has 4 fully saturated rings. The van der Waals surface area contributed by atoms with Gasteiger partial charge in [0.15, 0.2) is 0 Å². The molecule has 2 aliphatic carbocycles. The zero-order valence-electron chi connectivity index (χ0n) is 30.4. The molecule has 18 heteroatoms. The Morgan fingerprint density at radius 3 is 1.21 bits per heavy atom. The maximum atomic E-state index is 13.3. The molecule has 12 nitrogen and oxygen atoms in total. The summed E-state index contributed by atoms with van der Waals surface area (Å²) < 4.78 is 101. The molecule has 0 aromatic rings. The van der Waals surface area contributed by atoms with Gasteiger partial charge in [0.1, 0.15) is 12.2 Å². The molecule has 2 N–H and O–H groups in total. The zero-order chi connectivity index (χ0) is 39.4. The molecular formula is C34H52F6N2O10. The van der Waals surface area contributed by atoms with Crippen molar-refractivity contribution in [2.24, 2.45) is 22.7 Å². The van der Waals surface area contributed by atoms with Crippen molar-refractivity contribution >= 4 is 23.8 Å². The summed E-state index contributed by atoms with van der Waals surface area (Å²) in [6.45, 7) is 7.66. The lowest BCUT2D eigenvalue weighted by Gasteiger charge is -2.43. The van der Waals surface area contributed by atoms with Gasteiger partial charge in [-0.1, -0.05) is 27.7 Å². The average Bonchev–Trinajstić information content (AvgIpc) is 3.73. The molecule has 52 heavy (non-hydrogen) atoms. The number of rotatable bonds is 10. The largest absolute Gasteiger partial charge is 0.481 e. The number of carbonyl (C=O) groups excluding carboxylic acids is 2. The van der Waals surface area contributed by atoms with Gasteiger partial charge in [0.2, 0.25) is 0 Å². The molecule has 4 aliphatic rings. The SMILES string of the molecule is CO[C@@H]1COCC[C@@H]1N(C(=O)C(F)(F)F)C1CC[C@@](C(=O)O)(C(C)C)C1.CO[C@H]1COCC[C@H]1N(C(=O)C(F)(F)F)C1CC[C@@](C(=O)O)(C(C)C)C1. The molecule has 0 spiro atoms. The third-order valence-corrected chi connectivity index (χ3v) is 11.7. The lowest BCUT2D eigenvalue weighted by molar-refractivity contribution is -0.197. The Morgan fingerprint density at radius 1 is 0.654 bits per heavy atom. The maximum Gasteiger partial charge on any atom is 0.471 e. The lowest BCUT2D eigenvalue weighted by Crippen LogP contribution is -2.58. The van der Waals surface area contributed by atoms with Gasteiger partial charge in [-0.05, 0) is 63.2 Å². The van der Waals surface area contributed by atoms with E-state index in [1.165, 1.54) is 14.2 Å². The van der Waals surface area contributed by atoms with E-state index in [9.17, 15) is 55.7 Å². The standard InChI is InChI=1S/2C17H26F3NO5/c2*1-10(2)16(15(23)24)6-4-11(8-16)21(14(22)17(18,19)20)12-5-7-26-9-13(12)25-3/h2*10-13H,4-9H2,1-3H3,(H,23,24)/t11?,12-,13+,16+;11?,12-,13+,16-/m10/s1. The number of hydrogen-bond donors (Lipinski definition) is 2. The maximum absolute atomic E-state index is 13.3. The van der Waals surface area contributed by atoms with Crippen molar-refractivity contribution < 1.29 is 74.7 Å². The Hall–Kier alpha value is -2.70. The van der Waals surface area contributed by atoms with E-state index in [1.807, 2.05) is 0 Å². The Morgan fingerprint density at radius 2 is 0.981 bits per heavy atom. The number of amides is 2. The highest BCUT2D eigenvalue weighted by Gasteiger charge is 2.57. The van der Waals surface area contributed by atoms with E-state index >= 15 is 0 Å². The summed E-state index contributed by atoms with van der Waals surface area (Å²) in [5.74, 6) is -6.40. The van der Waals surface area contributed by atoms with Crippen LogP contribution < -0.4 is 0 Å². The molecule has 2 aliphatic heterocycles. The average molecular weight is 763 g/mol. The number of halogens is 6. The smallest absolute Gasteiger partial charge is 0.471 e. The number of carboxylic acid groups (broad SMARTS) is 2. The summed E-state index contributed by atoms with van der Waals surface area (Å²) in [5.41, 5.74) is -2.24. The molecule has 300 valence electrons. The Labute approximate surface area is 299 Å². The van der Waals surface area contributed by atoms with Gasteiger partial charge in [-0.25, -0.2) is 0 Å². The summed E-state index contributed by atoms with van der Waals surface area (Å²) in [4.78, 5) is 49.8. The number of carboxylic acids is 2. The van der Waals surface area contributed by atoms with E-state index in [1.54, 1.807) is 27.7 Å². The highest BCUT2D eigenvalue weighted by Crippen LogP contribution is 2.49. The van der Waals surface area contributed by atoms with Gasteiger partial charge >= 0.3 is 36.1 Å². The third kappa shape index (κ3) is 9.14. The Bertz CT molecular complexity index is 1170. The zero-order valence-corrected chi connectivity index (χ0v) is 30.4. The van der Waals surface area contributed by atoms with Gasteiger partial charge < -0.3 is 39.0 Å². The van der Waals surface area contributed by atoms with Crippen molar-refractivity contribution in [3.05, 3.63) is 0 Å². The van der Waals surface area contributed by atoms with Gasteiger partial charge in [0.05, 0.1) is 36.1 Å². The minimum Gasteiger partial charge on any atom is -0.481 e. The van der Waals surface area contributed by atoms with E-state index in [2.05, 4.69) is 0 Å². The van der Waals surface area contributed by atoms with Gasteiger partial charge in [0, 0.05) is 39.5 Å². The minimum atomic E-state index is -5.02. The van der Waals surface area contributed by atoms with Crippen molar-refractivity contribution in [3.8, 4) is 0 Å². The quantitative estimate of drug-likeness (QED) is 0.294. The van der Waals surface area contributed by atoms with E-state index in [-0.39, 0.29) is 89.6 Å². The van der Waals surface area contributed by atoms with Crippen LogP contribution >= 0.6 is 0 Å². The molecule has 2 saturated heterocycles. The van der Waals surface area contributed by atoms with E-state index in [4.69, 9.17) is 18.9 Å². The van der Waals surface area contributed by atoms with Gasteiger partial charge in [-0.15, -0.1) is 0 Å². The van der Waals surface area contributed by atoms with Crippen molar-refractivity contribution in [1.82, 2.24) is 9.80 Å². The second-order valence-electron chi connectivity index (χ2n) is 14.9. The number of ether oxygens (including phenoxy) is 4. The number of methoxy groups -OCH3 is 2. The summed E-state index contributed by atoms with van der Waals surface area (Å²) in [5, 5.41) is 19.3. The summed E-state index contributed by atoms with van der Waals surface area (Å²) in [6.07, 6.45) is -10.0. The first kappa shape index (κ1) is 43.7. The monoisotopic (exact) mass is 762 g/mol. The molecule has 2 saturated carbocycles. The first-order chi connectivity index (χ1) is 24.1. The molecule has 0 radical (unpaired) electrons. The van der Waals surface area contributed by atoms with Crippen LogP contribution in [-0.4, -0.2) is 133 Å². The van der Waals surface area contributed by atoms with E-state index in [0.29, 0.717) is 0 Å². The first-order valence-corrected chi connectivity index (χ1v) is 17.6. The highest BCUT2D eigenvalue weighted by molar-refractivity contribution is 5.84. The van der Waals surface area contributed by atoms with Crippen molar-refractivity contribution in [3.63, 3.8) is 0 Å². The van der Waals surface area contributed by atoms with Crippen LogP contribution in [-0.2, 0) is 38.1 Å². The van der Waals surface area contributed by atoms with Crippen LogP contribution in [0, 0.1) is 22.7 Å². The van der Waals surface area contributed by atoms with Crippen LogP contribution in [0.4, 0.5) is 26.3 Å². The fraction of sp³-hybridized carbons (Fsp3) is 0.882. The number of alkyl halides is 6. The fourth-order valence-corrected chi connectivity index (χ4v) is 8.46. The molecule has 0 bridgehead atoms. The summed E-state index contributed by atoms with van der Waals surface area (Å²) in [6, 6.07) is -3.15. The molecule has 8 atom stereocenters. The number of carbonyl (C=O) groups is 4. The predicted molar refractivity (Wildman–Crippen MR) is 171 cm³/mol. The highest BCUT2D eigenvalue weighted by atomic mass is 19.4. The molecule has 0 aromatic carbocycles. The molecular weight excluding hydrogens is 710 g/mol. The number of hydrogen-bond acceptors (Lipinski definition) is 8. The normalized spacial score (nSPS) is 32.7. The van der Waals surface area contributed by atoms with Crippen LogP contribution in [0.15, 0.2) is 0 Å². The molecule has 4 rings (SSSR count). The van der Waals surface area contributed by atoms with Gasteiger partial charge in [-0.2, -0.15) is 26.3 Å². The van der Waals surface area contributed by atoms with Crippen LogP contribution in [0.2, 0.25) is 0 Å². The van der Waals surface area contributed by atoms with Crippen molar-refractivity contribution in [1.29, 1.82) is 0 Å².